The van der Waals surface area contributed by atoms with Crippen LogP contribution in [0.4, 0.5) is 4.39 Å². The van der Waals surface area contributed by atoms with Gasteiger partial charge in [-0.2, -0.15) is 4.68 Å². The first kappa shape index (κ1) is 16.9. The van der Waals surface area contributed by atoms with E-state index in [4.69, 9.17) is 0 Å². The maximum atomic E-state index is 13.4. The highest BCUT2D eigenvalue weighted by Gasteiger charge is 2.25. The number of thioether (sulfide) groups is 1. The van der Waals surface area contributed by atoms with Crippen molar-refractivity contribution in [2.45, 2.75) is 25.4 Å². The molecule has 2 atom stereocenters. The summed E-state index contributed by atoms with van der Waals surface area (Å²) in [6, 6.07) is 6.04. The van der Waals surface area contributed by atoms with Gasteiger partial charge in [0, 0.05) is 13.1 Å². The molecule has 8 heteroatoms. The Labute approximate surface area is 144 Å². The van der Waals surface area contributed by atoms with E-state index in [9.17, 15) is 9.18 Å². The molecule has 1 fully saturated rings. The predicted molar refractivity (Wildman–Crippen MR) is 89.4 cm³/mol. The van der Waals surface area contributed by atoms with E-state index < -0.39 is 0 Å². The zero-order valence-electron chi connectivity index (χ0n) is 13.7. The van der Waals surface area contributed by atoms with Crippen LogP contribution in [-0.4, -0.2) is 49.9 Å². The molecule has 1 amide bonds. The standard InChI is InChI=1S/C16H20FN5OS/c1-11-6-12(2)9-21(8-11)15(23)10-24-16-18-19-20-22(16)14-5-3-4-13(17)7-14/h3-5,7,11-12H,6,8-10H2,1-2H3/t11-,12-/m1/s1. The lowest BCUT2D eigenvalue weighted by Crippen LogP contribution is -2.43. The summed E-state index contributed by atoms with van der Waals surface area (Å²) in [4.78, 5) is 14.4. The van der Waals surface area contributed by atoms with Crippen LogP contribution in [0.1, 0.15) is 20.3 Å². The van der Waals surface area contributed by atoms with Gasteiger partial charge >= 0.3 is 0 Å². The number of hydrogen-bond donors (Lipinski definition) is 0. The van der Waals surface area contributed by atoms with Crippen molar-refractivity contribution in [3.05, 3.63) is 30.1 Å². The molecule has 0 radical (unpaired) electrons. The quantitative estimate of drug-likeness (QED) is 0.793. The number of carbonyl (C=O) groups is 1. The summed E-state index contributed by atoms with van der Waals surface area (Å²) in [6.45, 7) is 5.96. The number of piperidine rings is 1. The molecule has 128 valence electrons. The summed E-state index contributed by atoms with van der Waals surface area (Å²) in [5.41, 5.74) is 0.537. The summed E-state index contributed by atoms with van der Waals surface area (Å²) in [6.07, 6.45) is 1.16. The maximum absolute atomic E-state index is 13.4. The van der Waals surface area contributed by atoms with Crippen molar-refractivity contribution < 1.29 is 9.18 Å². The Morgan fingerprint density at radius 3 is 2.79 bits per heavy atom. The number of hydrogen-bond acceptors (Lipinski definition) is 5. The normalized spacial score (nSPS) is 21.0. The van der Waals surface area contributed by atoms with Crippen molar-refractivity contribution in [3.8, 4) is 5.69 Å². The van der Waals surface area contributed by atoms with Gasteiger partial charge < -0.3 is 4.90 Å². The van der Waals surface area contributed by atoms with Gasteiger partial charge in [0.2, 0.25) is 11.1 Å². The Bertz CT molecular complexity index is 712. The number of aromatic nitrogens is 4. The van der Waals surface area contributed by atoms with Crippen LogP contribution in [0.15, 0.2) is 29.4 Å². The average Bonchev–Trinajstić information content (AvgIpc) is 3.00. The number of likely N-dealkylation sites (tertiary alicyclic amines) is 1. The molecular weight excluding hydrogens is 329 g/mol. The minimum Gasteiger partial charge on any atom is -0.341 e. The van der Waals surface area contributed by atoms with Gasteiger partial charge in [0.05, 0.1) is 11.4 Å². The van der Waals surface area contributed by atoms with Crippen molar-refractivity contribution in [1.29, 1.82) is 0 Å². The molecule has 0 unspecified atom stereocenters. The number of rotatable bonds is 4. The van der Waals surface area contributed by atoms with Crippen LogP contribution >= 0.6 is 11.8 Å². The predicted octanol–water partition coefficient (Wildman–Crippen LogP) is 2.40. The molecule has 2 heterocycles. The molecule has 0 N–H and O–H groups in total. The second-order valence-corrected chi connectivity index (χ2v) is 7.33. The Balaban J connectivity index is 1.65. The molecule has 0 aliphatic carbocycles. The van der Waals surface area contributed by atoms with E-state index in [-0.39, 0.29) is 17.5 Å². The Hall–Kier alpha value is -1.96. The molecule has 2 aromatic rings. The van der Waals surface area contributed by atoms with Gasteiger partial charge in [-0.05, 0) is 46.9 Å². The molecule has 1 saturated heterocycles. The van der Waals surface area contributed by atoms with E-state index in [1.165, 1.54) is 28.6 Å². The molecule has 24 heavy (non-hydrogen) atoms. The number of halogens is 1. The van der Waals surface area contributed by atoms with Crippen LogP contribution in [0.2, 0.25) is 0 Å². The smallest absolute Gasteiger partial charge is 0.233 e. The van der Waals surface area contributed by atoms with Crippen LogP contribution in [0, 0.1) is 17.7 Å². The monoisotopic (exact) mass is 349 g/mol. The van der Waals surface area contributed by atoms with Crippen molar-refractivity contribution in [1.82, 2.24) is 25.1 Å². The third kappa shape index (κ3) is 3.92. The number of amides is 1. The van der Waals surface area contributed by atoms with Gasteiger partial charge in [-0.3, -0.25) is 4.79 Å². The van der Waals surface area contributed by atoms with E-state index in [1.807, 2.05) is 4.90 Å². The van der Waals surface area contributed by atoms with E-state index >= 15 is 0 Å². The maximum Gasteiger partial charge on any atom is 0.233 e. The molecule has 0 bridgehead atoms. The Kier molecular flexibility index (Phi) is 5.13. The van der Waals surface area contributed by atoms with Crippen molar-refractivity contribution in [2.24, 2.45) is 11.8 Å². The van der Waals surface area contributed by atoms with Crippen LogP contribution in [0.5, 0.6) is 0 Å². The van der Waals surface area contributed by atoms with Crippen molar-refractivity contribution in [2.75, 3.05) is 18.8 Å². The lowest BCUT2D eigenvalue weighted by Gasteiger charge is -2.34. The van der Waals surface area contributed by atoms with Gasteiger partial charge in [-0.15, -0.1) is 5.10 Å². The zero-order chi connectivity index (χ0) is 17.1. The molecule has 0 saturated carbocycles. The fourth-order valence-electron chi connectivity index (χ4n) is 3.12. The van der Waals surface area contributed by atoms with Gasteiger partial charge in [0.1, 0.15) is 5.82 Å². The van der Waals surface area contributed by atoms with Gasteiger partial charge in [0.25, 0.3) is 0 Å². The minimum atomic E-state index is -0.355. The van der Waals surface area contributed by atoms with Gasteiger partial charge in [-0.25, -0.2) is 4.39 Å². The van der Waals surface area contributed by atoms with E-state index in [0.717, 1.165) is 19.5 Å². The highest BCUT2D eigenvalue weighted by molar-refractivity contribution is 7.99. The van der Waals surface area contributed by atoms with Crippen LogP contribution in [0.25, 0.3) is 5.69 Å². The molecule has 3 rings (SSSR count). The first-order valence-corrected chi connectivity index (χ1v) is 8.96. The topological polar surface area (TPSA) is 63.9 Å². The molecule has 6 nitrogen and oxygen atoms in total. The lowest BCUT2D eigenvalue weighted by molar-refractivity contribution is -0.130. The number of carbonyl (C=O) groups excluding carboxylic acids is 1. The highest BCUT2D eigenvalue weighted by atomic mass is 32.2. The second-order valence-electron chi connectivity index (χ2n) is 6.39. The third-order valence-electron chi connectivity index (χ3n) is 4.04. The van der Waals surface area contributed by atoms with Crippen molar-refractivity contribution in [3.63, 3.8) is 0 Å². The fraction of sp³-hybridized carbons (Fsp3) is 0.500. The number of tetrazole rings is 1. The van der Waals surface area contributed by atoms with Crippen LogP contribution in [-0.2, 0) is 4.79 Å². The molecular formula is C16H20FN5OS. The first-order valence-electron chi connectivity index (χ1n) is 7.98. The van der Waals surface area contributed by atoms with Gasteiger partial charge in [-0.1, -0.05) is 31.7 Å². The summed E-state index contributed by atoms with van der Waals surface area (Å²) >= 11 is 1.27. The largest absolute Gasteiger partial charge is 0.341 e. The van der Waals surface area contributed by atoms with E-state index in [2.05, 4.69) is 29.4 Å². The highest BCUT2D eigenvalue weighted by Crippen LogP contribution is 2.23. The fourth-order valence-corrected chi connectivity index (χ4v) is 3.92. The SMILES string of the molecule is C[C@@H]1C[C@@H](C)CN(C(=O)CSc2nnnn2-c2cccc(F)c2)C1. The van der Waals surface area contributed by atoms with Crippen molar-refractivity contribution >= 4 is 17.7 Å². The minimum absolute atomic E-state index is 0.0900. The van der Waals surface area contributed by atoms with Gasteiger partial charge in [0.15, 0.2) is 0 Å². The van der Waals surface area contributed by atoms with Crippen LogP contribution < -0.4 is 0 Å². The molecule has 1 aromatic carbocycles. The second kappa shape index (κ2) is 7.29. The zero-order valence-corrected chi connectivity index (χ0v) is 14.5. The Morgan fingerprint density at radius 1 is 1.33 bits per heavy atom. The molecule has 1 aliphatic heterocycles. The Morgan fingerprint density at radius 2 is 2.08 bits per heavy atom. The first-order chi connectivity index (χ1) is 11.5. The van der Waals surface area contributed by atoms with E-state index in [0.29, 0.717) is 22.7 Å². The number of nitrogens with zero attached hydrogens (tertiary/aromatic N) is 5. The molecule has 0 spiro atoms. The summed E-state index contributed by atoms with van der Waals surface area (Å²) < 4.78 is 14.8. The summed E-state index contributed by atoms with van der Waals surface area (Å²) in [7, 11) is 0. The third-order valence-corrected chi connectivity index (χ3v) is 4.94. The average molecular weight is 349 g/mol. The number of benzene rings is 1. The van der Waals surface area contributed by atoms with E-state index in [1.54, 1.807) is 12.1 Å². The summed E-state index contributed by atoms with van der Waals surface area (Å²) in [5, 5.41) is 11.9. The molecule has 1 aliphatic rings. The van der Waals surface area contributed by atoms with Crippen LogP contribution in [0.3, 0.4) is 0 Å². The summed E-state index contributed by atoms with van der Waals surface area (Å²) in [5.74, 6) is 1.06. The lowest BCUT2D eigenvalue weighted by atomic mass is 9.92. The molecule has 1 aromatic heterocycles.